The molecule has 1 fully saturated rings. The van der Waals surface area contributed by atoms with E-state index in [0.717, 1.165) is 31.9 Å². The molecule has 3 rings (SSSR count). The minimum Gasteiger partial charge on any atom is -0.497 e. The van der Waals surface area contributed by atoms with Crippen LogP contribution in [0.4, 0.5) is 5.88 Å². The molecule has 0 bridgehead atoms. The lowest BCUT2D eigenvalue weighted by Crippen LogP contribution is -2.45. The fourth-order valence-corrected chi connectivity index (χ4v) is 2.78. The Morgan fingerprint density at radius 3 is 2.92 bits per heavy atom. The Hall–Kier alpha value is -2.56. The van der Waals surface area contributed by atoms with Crippen molar-refractivity contribution >= 4 is 5.88 Å². The second kappa shape index (κ2) is 8.01. The van der Waals surface area contributed by atoms with Gasteiger partial charge in [0.1, 0.15) is 11.8 Å². The Bertz CT molecular complexity index is 747. The lowest BCUT2D eigenvalue weighted by molar-refractivity contribution is 0.0226. The number of anilines is 1. The SMILES string of the molecule is COc1cccc(-c2nc(C#N)c(NC[C@@H](C)N3CCOCC3)o2)c1. The third kappa shape index (κ3) is 4.10. The average Bonchev–Trinajstić information content (AvgIpc) is 3.10. The summed E-state index contributed by atoms with van der Waals surface area (Å²) in [4.78, 5) is 6.63. The van der Waals surface area contributed by atoms with Crippen LogP contribution in [0.3, 0.4) is 0 Å². The van der Waals surface area contributed by atoms with Gasteiger partial charge in [-0.15, -0.1) is 0 Å². The molecule has 1 aliphatic rings. The first-order valence-corrected chi connectivity index (χ1v) is 8.32. The van der Waals surface area contributed by atoms with Crippen molar-refractivity contribution in [2.24, 2.45) is 0 Å². The van der Waals surface area contributed by atoms with E-state index in [4.69, 9.17) is 13.9 Å². The monoisotopic (exact) mass is 342 g/mol. The van der Waals surface area contributed by atoms with Crippen molar-refractivity contribution in [2.45, 2.75) is 13.0 Å². The Morgan fingerprint density at radius 1 is 1.40 bits per heavy atom. The van der Waals surface area contributed by atoms with Gasteiger partial charge in [0.15, 0.2) is 0 Å². The Kier molecular flexibility index (Phi) is 5.53. The molecule has 1 atom stereocenters. The zero-order valence-corrected chi connectivity index (χ0v) is 14.5. The highest BCUT2D eigenvalue weighted by atomic mass is 16.5. The van der Waals surface area contributed by atoms with Crippen LogP contribution in [0.25, 0.3) is 11.5 Å². The number of hydrogen-bond donors (Lipinski definition) is 1. The third-order valence-corrected chi connectivity index (χ3v) is 4.28. The molecule has 0 amide bonds. The highest BCUT2D eigenvalue weighted by Crippen LogP contribution is 2.27. The van der Waals surface area contributed by atoms with Gasteiger partial charge < -0.3 is 19.2 Å². The topological polar surface area (TPSA) is 83.5 Å². The van der Waals surface area contributed by atoms with Gasteiger partial charge in [0.05, 0.1) is 20.3 Å². The number of methoxy groups -OCH3 is 1. The van der Waals surface area contributed by atoms with Crippen LogP contribution < -0.4 is 10.1 Å². The zero-order valence-electron chi connectivity index (χ0n) is 14.5. The number of hydrogen-bond acceptors (Lipinski definition) is 7. The fraction of sp³-hybridized carbons (Fsp3) is 0.444. The van der Waals surface area contributed by atoms with Gasteiger partial charge in [0.25, 0.3) is 0 Å². The fourth-order valence-electron chi connectivity index (χ4n) is 2.78. The summed E-state index contributed by atoms with van der Waals surface area (Å²) in [6.45, 7) is 6.16. The maximum absolute atomic E-state index is 9.33. The van der Waals surface area contributed by atoms with E-state index in [-0.39, 0.29) is 5.69 Å². The molecule has 0 aliphatic carbocycles. The minimum absolute atomic E-state index is 0.256. The number of benzene rings is 1. The first kappa shape index (κ1) is 17.3. The molecule has 1 saturated heterocycles. The van der Waals surface area contributed by atoms with Crippen LogP contribution in [0.2, 0.25) is 0 Å². The number of nitriles is 1. The van der Waals surface area contributed by atoms with Gasteiger partial charge in [-0.2, -0.15) is 10.2 Å². The van der Waals surface area contributed by atoms with Gasteiger partial charge in [-0.05, 0) is 25.1 Å². The van der Waals surface area contributed by atoms with E-state index in [9.17, 15) is 5.26 Å². The smallest absolute Gasteiger partial charge is 0.232 e. The van der Waals surface area contributed by atoms with Gasteiger partial charge in [-0.25, -0.2) is 0 Å². The summed E-state index contributed by atoms with van der Waals surface area (Å²) in [7, 11) is 1.61. The van der Waals surface area contributed by atoms with E-state index in [1.807, 2.05) is 24.3 Å². The Labute approximate surface area is 147 Å². The van der Waals surface area contributed by atoms with Crippen LogP contribution >= 0.6 is 0 Å². The molecule has 1 aliphatic heterocycles. The van der Waals surface area contributed by atoms with Crippen molar-refractivity contribution in [3.05, 3.63) is 30.0 Å². The molecule has 7 heteroatoms. The van der Waals surface area contributed by atoms with Crippen molar-refractivity contribution in [3.8, 4) is 23.3 Å². The van der Waals surface area contributed by atoms with E-state index in [2.05, 4.69) is 28.2 Å². The maximum Gasteiger partial charge on any atom is 0.232 e. The van der Waals surface area contributed by atoms with Crippen LogP contribution in [-0.4, -0.2) is 55.9 Å². The van der Waals surface area contributed by atoms with Crippen LogP contribution in [0.1, 0.15) is 12.6 Å². The molecule has 0 saturated carbocycles. The van der Waals surface area contributed by atoms with E-state index in [0.29, 0.717) is 30.1 Å². The van der Waals surface area contributed by atoms with E-state index < -0.39 is 0 Å². The van der Waals surface area contributed by atoms with Gasteiger partial charge in [-0.1, -0.05) is 6.07 Å². The van der Waals surface area contributed by atoms with Gasteiger partial charge >= 0.3 is 0 Å². The summed E-state index contributed by atoms with van der Waals surface area (Å²) in [5.41, 5.74) is 1.03. The molecular formula is C18H22N4O3. The normalized spacial score (nSPS) is 16.2. The molecule has 0 spiro atoms. The van der Waals surface area contributed by atoms with Gasteiger partial charge in [-0.3, -0.25) is 4.90 Å². The summed E-state index contributed by atoms with van der Waals surface area (Å²) in [6, 6.07) is 9.80. The summed E-state index contributed by atoms with van der Waals surface area (Å²) < 4.78 is 16.4. The van der Waals surface area contributed by atoms with Crippen molar-refractivity contribution in [2.75, 3.05) is 45.3 Å². The maximum atomic E-state index is 9.33. The first-order chi connectivity index (χ1) is 12.2. The van der Waals surface area contributed by atoms with Crippen LogP contribution in [-0.2, 0) is 4.74 Å². The average molecular weight is 342 g/mol. The van der Waals surface area contributed by atoms with E-state index in [1.165, 1.54) is 0 Å². The zero-order chi connectivity index (χ0) is 17.6. The number of nitrogens with one attached hydrogen (secondary N) is 1. The van der Waals surface area contributed by atoms with Crippen LogP contribution in [0.15, 0.2) is 28.7 Å². The second-order valence-electron chi connectivity index (χ2n) is 5.92. The van der Waals surface area contributed by atoms with Crippen molar-refractivity contribution in [3.63, 3.8) is 0 Å². The van der Waals surface area contributed by atoms with Crippen molar-refractivity contribution in [1.82, 2.24) is 9.88 Å². The van der Waals surface area contributed by atoms with Crippen LogP contribution in [0.5, 0.6) is 5.75 Å². The summed E-state index contributed by atoms with van der Waals surface area (Å²) in [6.07, 6.45) is 0. The molecule has 25 heavy (non-hydrogen) atoms. The van der Waals surface area contributed by atoms with E-state index in [1.54, 1.807) is 7.11 Å². The van der Waals surface area contributed by atoms with Gasteiger partial charge in [0, 0.05) is 31.2 Å². The highest BCUT2D eigenvalue weighted by molar-refractivity contribution is 5.60. The molecule has 1 aromatic heterocycles. The molecule has 7 nitrogen and oxygen atoms in total. The second-order valence-corrected chi connectivity index (χ2v) is 5.92. The van der Waals surface area contributed by atoms with Gasteiger partial charge in [0.2, 0.25) is 17.5 Å². The largest absolute Gasteiger partial charge is 0.497 e. The molecule has 0 unspecified atom stereocenters. The number of ether oxygens (including phenoxy) is 2. The molecule has 1 N–H and O–H groups in total. The Morgan fingerprint density at radius 2 is 2.20 bits per heavy atom. The lowest BCUT2D eigenvalue weighted by atomic mass is 10.2. The molecular weight excluding hydrogens is 320 g/mol. The molecule has 0 radical (unpaired) electrons. The highest BCUT2D eigenvalue weighted by Gasteiger charge is 2.19. The number of morpholine rings is 1. The number of aromatic nitrogens is 1. The summed E-state index contributed by atoms with van der Waals surface area (Å²) in [5.74, 6) is 1.52. The minimum atomic E-state index is 0.256. The molecule has 132 valence electrons. The lowest BCUT2D eigenvalue weighted by Gasteiger charge is -2.32. The molecule has 1 aromatic carbocycles. The van der Waals surface area contributed by atoms with Crippen molar-refractivity contribution < 1.29 is 13.9 Å². The first-order valence-electron chi connectivity index (χ1n) is 8.32. The Balaban J connectivity index is 1.71. The number of rotatable bonds is 6. The predicted octanol–water partition coefficient (Wildman–Crippen LogP) is 2.35. The number of oxazole rings is 1. The molecule has 2 heterocycles. The van der Waals surface area contributed by atoms with Crippen molar-refractivity contribution in [1.29, 1.82) is 5.26 Å². The third-order valence-electron chi connectivity index (χ3n) is 4.28. The summed E-state index contributed by atoms with van der Waals surface area (Å²) >= 11 is 0. The summed E-state index contributed by atoms with van der Waals surface area (Å²) in [5, 5.41) is 12.5. The standard InChI is InChI=1S/C18H22N4O3/c1-13(22-6-8-24-9-7-22)12-20-18-16(11-19)21-17(25-18)14-4-3-5-15(10-14)23-2/h3-5,10,13,20H,6-9,12H2,1-2H3/t13-/m1/s1. The number of nitrogens with zero attached hydrogens (tertiary/aromatic N) is 3. The van der Waals surface area contributed by atoms with Crippen LogP contribution in [0, 0.1) is 11.3 Å². The van der Waals surface area contributed by atoms with E-state index >= 15 is 0 Å². The quantitative estimate of drug-likeness (QED) is 0.862. The predicted molar refractivity (Wildman–Crippen MR) is 93.5 cm³/mol. The molecule has 2 aromatic rings.